The minimum Gasteiger partial charge on any atom is -0.468 e. The van der Waals surface area contributed by atoms with Crippen LogP contribution in [0, 0.1) is 0 Å². The molecule has 0 aromatic heterocycles. The van der Waals surface area contributed by atoms with Crippen molar-refractivity contribution in [1.29, 1.82) is 0 Å². The van der Waals surface area contributed by atoms with Crippen LogP contribution in [0.25, 0.3) is 0 Å². The molecule has 0 amide bonds. The number of nitrogens with zero attached hydrogens (tertiary/aromatic N) is 1. The van der Waals surface area contributed by atoms with Gasteiger partial charge in [-0.15, -0.1) is 6.58 Å². The van der Waals surface area contributed by atoms with Gasteiger partial charge < -0.3 is 9.47 Å². The second-order valence-corrected chi connectivity index (χ2v) is 10.5. The lowest BCUT2D eigenvalue weighted by Gasteiger charge is -2.34. The molecule has 35 heavy (non-hydrogen) atoms. The Bertz CT molecular complexity index is 1220. The Morgan fingerprint density at radius 2 is 1.54 bits per heavy atom. The number of esters is 1. The number of hydrogen-bond acceptors (Lipinski definition) is 5. The summed E-state index contributed by atoms with van der Waals surface area (Å²) in [6, 6.07) is 23.3. The van der Waals surface area contributed by atoms with Gasteiger partial charge in [-0.1, -0.05) is 78.9 Å². The minimum absolute atomic E-state index is 0.00433. The van der Waals surface area contributed by atoms with E-state index in [4.69, 9.17) is 9.47 Å². The molecule has 0 fully saturated rings. The van der Waals surface area contributed by atoms with Crippen molar-refractivity contribution in [2.24, 2.45) is 0 Å². The molecule has 3 aromatic rings. The molecule has 0 heterocycles. The number of hydrogen-bond donors (Lipinski definition) is 0. The van der Waals surface area contributed by atoms with Gasteiger partial charge in [0.25, 0.3) is 0 Å². The van der Waals surface area contributed by atoms with E-state index in [1.54, 1.807) is 18.2 Å². The number of carbonyl (C=O) groups is 1. The van der Waals surface area contributed by atoms with Crippen molar-refractivity contribution in [3.05, 3.63) is 113 Å². The number of carbonyl (C=O) groups excluding carboxylic acids is 1. The van der Waals surface area contributed by atoms with Crippen LogP contribution in [0.3, 0.4) is 0 Å². The van der Waals surface area contributed by atoms with Crippen molar-refractivity contribution in [1.82, 2.24) is 4.31 Å². The average molecular weight is 558 g/mol. The van der Waals surface area contributed by atoms with E-state index >= 15 is 0 Å². The number of ether oxygens (including phenoxy) is 2. The van der Waals surface area contributed by atoms with Crippen LogP contribution in [0.2, 0.25) is 0 Å². The molecule has 0 aliphatic heterocycles. The topological polar surface area (TPSA) is 72.9 Å². The number of methoxy groups -OCH3 is 1. The molecule has 184 valence electrons. The molecule has 0 N–H and O–H groups in total. The number of rotatable bonds is 12. The average Bonchev–Trinajstić information content (AvgIpc) is 2.88. The third-order valence-corrected chi connectivity index (χ3v) is 8.39. The Morgan fingerprint density at radius 3 is 2.11 bits per heavy atom. The van der Waals surface area contributed by atoms with Gasteiger partial charge in [0.1, 0.15) is 6.04 Å². The maximum atomic E-state index is 14.0. The SMILES string of the molecule is C=CC(COCc1ccccc1)N([C@@H](Cc1ccccc1)C(=O)OC)S(=O)(=O)c1ccccc1Br. The molecular weight excluding hydrogens is 530 g/mol. The molecule has 0 spiro atoms. The molecule has 0 saturated heterocycles. The molecule has 0 aliphatic rings. The maximum Gasteiger partial charge on any atom is 0.324 e. The van der Waals surface area contributed by atoms with Crippen LogP contribution in [-0.4, -0.2) is 44.5 Å². The Hall–Kier alpha value is -2.78. The zero-order valence-corrected chi connectivity index (χ0v) is 21.8. The lowest BCUT2D eigenvalue weighted by atomic mass is 10.0. The van der Waals surface area contributed by atoms with E-state index in [1.807, 2.05) is 60.7 Å². The van der Waals surface area contributed by atoms with Gasteiger partial charge in [-0.05, 0) is 45.6 Å². The molecule has 3 aromatic carbocycles. The van der Waals surface area contributed by atoms with Crippen molar-refractivity contribution in [2.75, 3.05) is 13.7 Å². The van der Waals surface area contributed by atoms with Gasteiger partial charge in [-0.3, -0.25) is 4.79 Å². The zero-order valence-electron chi connectivity index (χ0n) is 19.4. The normalized spacial score (nSPS) is 13.2. The van der Waals surface area contributed by atoms with Crippen LogP contribution in [0.1, 0.15) is 11.1 Å². The summed E-state index contributed by atoms with van der Waals surface area (Å²) in [5, 5.41) is 0. The Kier molecular flexibility index (Phi) is 9.80. The highest BCUT2D eigenvalue weighted by Crippen LogP contribution is 2.29. The summed E-state index contributed by atoms with van der Waals surface area (Å²) in [4.78, 5) is 13.1. The zero-order chi connectivity index (χ0) is 25.3. The summed E-state index contributed by atoms with van der Waals surface area (Å²) in [5.41, 5.74) is 1.74. The van der Waals surface area contributed by atoms with Crippen molar-refractivity contribution < 1.29 is 22.7 Å². The maximum absolute atomic E-state index is 14.0. The van der Waals surface area contributed by atoms with Gasteiger partial charge in [0.15, 0.2) is 0 Å². The fraction of sp³-hybridized carbons (Fsp3) is 0.222. The summed E-state index contributed by atoms with van der Waals surface area (Å²) in [6.45, 7) is 4.15. The Balaban J connectivity index is 2.02. The first-order chi connectivity index (χ1) is 16.9. The summed E-state index contributed by atoms with van der Waals surface area (Å²) in [5.74, 6) is -0.667. The molecule has 2 atom stereocenters. The summed E-state index contributed by atoms with van der Waals surface area (Å²) < 4.78 is 40.5. The van der Waals surface area contributed by atoms with Gasteiger partial charge in [0.2, 0.25) is 10.0 Å². The molecule has 8 heteroatoms. The van der Waals surface area contributed by atoms with Crippen LogP contribution in [0.4, 0.5) is 0 Å². The van der Waals surface area contributed by atoms with Crippen molar-refractivity contribution >= 4 is 31.9 Å². The smallest absolute Gasteiger partial charge is 0.324 e. The fourth-order valence-electron chi connectivity index (χ4n) is 3.71. The van der Waals surface area contributed by atoms with Gasteiger partial charge in [-0.2, -0.15) is 4.31 Å². The summed E-state index contributed by atoms with van der Waals surface area (Å²) in [6.07, 6.45) is 1.61. The first-order valence-electron chi connectivity index (χ1n) is 11.0. The molecule has 0 radical (unpaired) electrons. The van der Waals surface area contributed by atoms with Crippen molar-refractivity contribution in [2.45, 2.75) is 30.0 Å². The highest BCUT2D eigenvalue weighted by atomic mass is 79.9. The standard InChI is InChI=1S/C27H28BrNO5S/c1-3-23(20-34-19-22-14-8-5-9-15-22)29(35(31,32)26-17-11-10-16-24(26)28)25(27(30)33-2)18-21-12-6-4-7-13-21/h3-17,23,25H,1,18-20H2,2H3/t23?,25-/m0/s1. The molecule has 3 rings (SSSR count). The summed E-state index contributed by atoms with van der Waals surface area (Å²) in [7, 11) is -2.93. The van der Waals surface area contributed by atoms with E-state index in [0.29, 0.717) is 4.47 Å². The van der Waals surface area contributed by atoms with E-state index in [9.17, 15) is 13.2 Å². The van der Waals surface area contributed by atoms with Crippen molar-refractivity contribution in [3.63, 3.8) is 0 Å². The quantitative estimate of drug-likeness (QED) is 0.231. The van der Waals surface area contributed by atoms with E-state index < -0.39 is 28.1 Å². The second kappa shape index (κ2) is 12.8. The number of sulfonamides is 1. The van der Waals surface area contributed by atoms with E-state index in [2.05, 4.69) is 22.5 Å². The van der Waals surface area contributed by atoms with E-state index in [1.165, 1.54) is 19.3 Å². The third-order valence-electron chi connectivity index (χ3n) is 5.44. The fourth-order valence-corrected chi connectivity index (χ4v) is 6.40. The first-order valence-corrected chi connectivity index (χ1v) is 13.3. The second-order valence-electron chi connectivity index (χ2n) is 7.80. The molecule has 0 aliphatic carbocycles. The Labute approximate surface area is 215 Å². The van der Waals surface area contributed by atoms with Crippen molar-refractivity contribution in [3.8, 4) is 0 Å². The third kappa shape index (κ3) is 6.89. The number of halogens is 1. The lowest BCUT2D eigenvalue weighted by molar-refractivity contribution is -0.145. The molecule has 0 saturated carbocycles. The van der Waals surface area contributed by atoms with E-state index in [-0.39, 0.29) is 24.5 Å². The molecule has 1 unspecified atom stereocenters. The molecule has 0 bridgehead atoms. The van der Waals surface area contributed by atoms with Gasteiger partial charge in [0.05, 0.1) is 31.3 Å². The minimum atomic E-state index is -4.18. The highest BCUT2D eigenvalue weighted by Gasteiger charge is 2.41. The van der Waals surface area contributed by atoms with Gasteiger partial charge >= 0.3 is 5.97 Å². The number of benzene rings is 3. The highest BCUT2D eigenvalue weighted by molar-refractivity contribution is 9.10. The van der Waals surface area contributed by atoms with Crippen LogP contribution in [-0.2, 0) is 37.3 Å². The van der Waals surface area contributed by atoms with Crippen LogP contribution in [0.5, 0.6) is 0 Å². The first kappa shape index (κ1) is 26.8. The predicted octanol–water partition coefficient (Wildman–Crippen LogP) is 5.00. The monoisotopic (exact) mass is 557 g/mol. The van der Waals surface area contributed by atoms with Crippen LogP contribution >= 0.6 is 15.9 Å². The lowest BCUT2D eigenvalue weighted by Crippen LogP contribution is -2.53. The largest absolute Gasteiger partial charge is 0.468 e. The summed E-state index contributed by atoms with van der Waals surface area (Å²) >= 11 is 3.35. The van der Waals surface area contributed by atoms with E-state index in [0.717, 1.165) is 15.4 Å². The predicted molar refractivity (Wildman–Crippen MR) is 139 cm³/mol. The van der Waals surface area contributed by atoms with Crippen LogP contribution in [0.15, 0.2) is 107 Å². The van der Waals surface area contributed by atoms with Gasteiger partial charge in [-0.25, -0.2) is 8.42 Å². The molecular formula is C27H28BrNO5S. The molecule has 6 nitrogen and oxygen atoms in total. The van der Waals surface area contributed by atoms with Crippen LogP contribution < -0.4 is 0 Å². The van der Waals surface area contributed by atoms with Gasteiger partial charge in [0, 0.05) is 4.47 Å². The Morgan fingerprint density at radius 1 is 0.971 bits per heavy atom.